The molecule has 6 heteroatoms. The molecular formula is C13H17N3O3. The van der Waals surface area contributed by atoms with E-state index in [1.165, 1.54) is 0 Å². The lowest BCUT2D eigenvalue weighted by Gasteiger charge is -2.32. The quantitative estimate of drug-likeness (QED) is 0.721. The van der Waals surface area contributed by atoms with E-state index in [1.807, 2.05) is 31.2 Å². The molecule has 1 aromatic rings. The molecular weight excluding hydrogens is 246 g/mol. The van der Waals surface area contributed by atoms with Gasteiger partial charge in [-0.3, -0.25) is 10.1 Å². The van der Waals surface area contributed by atoms with Crippen molar-refractivity contribution >= 4 is 11.9 Å². The number of carbonyl (C=O) groups excluding carboxylic acids is 2. The van der Waals surface area contributed by atoms with Crippen LogP contribution in [0.1, 0.15) is 12.5 Å². The number of imide groups is 1. The Kier molecular flexibility index (Phi) is 3.71. The molecule has 6 nitrogen and oxygen atoms in total. The summed E-state index contributed by atoms with van der Waals surface area (Å²) in [6.07, 6.45) is 0.353. The van der Waals surface area contributed by atoms with Gasteiger partial charge in [0.15, 0.2) is 0 Å². The summed E-state index contributed by atoms with van der Waals surface area (Å²) in [5, 5.41) is 4.72. The first-order valence-electron chi connectivity index (χ1n) is 6.13. The molecule has 1 fully saturated rings. The van der Waals surface area contributed by atoms with Gasteiger partial charge in [-0.15, -0.1) is 0 Å². The molecule has 0 aromatic heterocycles. The number of hydrogen-bond acceptors (Lipinski definition) is 4. The van der Waals surface area contributed by atoms with Crippen molar-refractivity contribution in [3.05, 3.63) is 29.8 Å². The third-order valence-electron chi connectivity index (χ3n) is 3.00. The van der Waals surface area contributed by atoms with Crippen LogP contribution < -0.4 is 21.1 Å². The van der Waals surface area contributed by atoms with Gasteiger partial charge in [-0.2, -0.15) is 0 Å². The van der Waals surface area contributed by atoms with Gasteiger partial charge in [0.2, 0.25) is 5.91 Å². The first-order chi connectivity index (χ1) is 9.03. The second kappa shape index (κ2) is 5.27. The van der Waals surface area contributed by atoms with Crippen molar-refractivity contribution < 1.29 is 14.3 Å². The van der Waals surface area contributed by atoms with Crippen molar-refractivity contribution in [3.63, 3.8) is 0 Å². The summed E-state index contributed by atoms with van der Waals surface area (Å²) in [7, 11) is 0. The van der Waals surface area contributed by atoms with Gasteiger partial charge in [0.1, 0.15) is 11.3 Å². The first kappa shape index (κ1) is 13.4. The lowest BCUT2D eigenvalue weighted by Crippen LogP contribution is -2.68. The Morgan fingerprint density at radius 2 is 2.00 bits per heavy atom. The Hall–Kier alpha value is -2.08. The summed E-state index contributed by atoms with van der Waals surface area (Å²) >= 11 is 0. The Bertz CT molecular complexity index is 486. The van der Waals surface area contributed by atoms with Crippen molar-refractivity contribution in [2.24, 2.45) is 5.73 Å². The van der Waals surface area contributed by atoms with Crippen LogP contribution in [0.4, 0.5) is 4.79 Å². The van der Waals surface area contributed by atoms with E-state index >= 15 is 0 Å². The van der Waals surface area contributed by atoms with Gasteiger partial charge in [-0.25, -0.2) is 4.79 Å². The van der Waals surface area contributed by atoms with E-state index in [9.17, 15) is 9.59 Å². The minimum atomic E-state index is -1.11. The summed E-state index contributed by atoms with van der Waals surface area (Å²) < 4.78 is 5.34. The predicted octanol–water partition coefficient (Wildman–Crippen LogP) is 0.165. The molecule has 1 aliphatic rings. The molecule has 0 bridgehead atoms. The predicted molar refractivity (Wildman–Crippen MR) is 69.8 cm³/mol. The standard InChI is InChI=1S/C13H17N3O3/c1-2-19-10-5-3-9(4-6-10)7-13(14)8-15-12(18)16-11(13)17/h3-6H,2,7-8,14H2,1H3,(H2,15,16,17,18). The number of hydrogen-bond donors (Lipinski definition) is 3. The van der Waals surface area contributed by atoms with E-state index in [0.29, 0.717) is 13.0 Å². The molecule has 3 amide bonds. The summed E-state index contributed by atoms with van der Waals surface area (Å²) in [6, 6.07) is 6.90. The number of amides is 3. The maximum absolute atomic E-state index is 11.8. The van der Waals surface area contributed by atoms with Crippen LogP contribution in [0.3, 0.4) is 0 Å². The Morgan fingerprint density at radius 1 is 1.32 bits per heavy atom. The fraction of sp³-hybridized carbons (Fsp3) is 0.385. The molecule has 1 saturated heterocycles. The van der Waals surface area contributed by atoms with Crippen molar-refractivity contribution in [1.82, 2.24) is 10.6 Å². The molecule has 2 rings (SSSR count). The van der Waals surface area contributed by atoms with Crippen LogP contribution >= 0.6 is 0 Å². The zero-order chi connectivity index (χ0) is 13.9. The second-order valence-corrected chi connectivity index (χ2v) is 4.55. The molecule has 1 aliphatic heterocycles. The minimum Gasteiger partial charge on any atom is -0.494 e. The minimum absolute atomic E-state index is 0.130. The molecule has 0 aliphatic carbocycles. The van der Waals surface area contributed by atoms with E-state index < -0.39 is 17.5 Å². The largest absolute Gasteiger partial charge is 0.494 e. The van der Waals surface area contributed by atoms with Crippen molar-refractivity contribution in [3.8, 4) is 5.75 Å². The highest BCUT2D eigenvalue weighted by Gasteiger charge is 2.39. The molecule has 19 heavy (non-hydrogen) atoms. The van der Waals surface area contributed by atoms with Gasteiger partial charge >= 0.3 is 6.03 Å². The smallest absolute Gasteiger partial charge is 0.321 e. The lowest BCUT2D eigenvalue weighted by molar-refractivity contribution is -0.125. The molecule has 1 aromatic carbocycles. The van der Waals surface area contributed by atoms with Gasteiger partial charge < -0.3 is 15.8 Å². The Morgan fingerprint density at radius 3 is 2.58 bits per heavy atom. The van der Waals surface area contributed by atoms with Gasteiger partial charge in [-0.1, -0.05) is 12.1 Å². The zero-order valence-corrected chi connectivity index (χ0v) is 10.7. The van der Waals surface area contributed by atoms with Crippen LogP contribution in [0.25, 0.3) is 0 Å². The number of urea groups is 1. The fourth-order valence-electron chi connectivity index (χ4n) is 1.97. The first-order valence-corrected chi connectivity index (χ1v) is 6.13. The van der Waals surface area contributed by atoms with E-state index in [4.69, 9.17) is 10.5 Å². The van der Waals surface area contributed by atoms with Crippen LogP contribution in [-0.4, -0.2) is 30.6 Å². The van der Waals surface area contributed by atoms with Crippen LogP contribution in [0.5, 0.6) is 5.75 Å². The summed E-state index contributed by atoms with van der Waals surface area (Å²) in [6.45, 7) is 2.65. The van der Waals surface area contributed by atoms with Crippen molar-refractivity contribution in [2.75, 3.05) is 13.2 Å². The molecule has 4 N–H and O–H groups in total. The average molecular weight is 263 g/mol. The molecule has 1 unspecified atom stereocenters. The highest BCUT2D eigenvalue weighted by Crippen LogP contribution is 2.17. The molecule has 0 spiro atoms. The molecule has 1 heterocycles. The monoisotopic (exact) mass is 263 g/mol. The maximum Gasteiger partial charge on any atom is 0.321 e. The Balaban J connectivity index is 2.07. The third-order valence-corrected chi connectivity index (χ3v) is 3.00. The fourth-order valence-corrected chi connectivity index (χ4v) is 1.97. The number of carbonyl (C=O) groups is 2. The molecule has 102 valence electrons. The van der Waals surface area contributed by atoms with Crippen molar-refractivity contribution in [1.29, 1.82) is 0 Å². The number of ether oxygens (including phenoxy) is 1. The van der Waals surface area contributed by atoms with Gasteiger partial charge in [0.05, 0.1) is 6.61 Å². The van der Waals surface area contributed by atoms with Crippen LogP contribution in [0.2, 0.25) is 0 Å². The number of nitrogens with two attached hydrogens (primary N) is 1. The van der Waals surface area contributed by atoms with Gasteiger partial charge in [0, 0.05) is 13.0 Å². The van der Waals surface area contributed by atoms with Crippen LogP contribution in [0, 0.1) is 0 Å². The van der Waals surface area contributed by atoms with Crippen molar-refractivity contribution in [2.45, 2.75) is 18.9 Å². The number of benzene rings is 1. The van der Waals surface area contributed by atoms with E-state index in [1.54, 1.807) is 0 Å². The highest BCUT2D eigenvalue weighted by molar-refractivity contribution is 6.02. The SMILES string of the molecule is CCOc1ccc(CC2(N)CNC(=O)NC2=O)cc1. The highest BCUT2D eigenvalue weighted by atomic mass is 16.5. The van der Waals surface area contributed by atoms with Crippen LogP contribution in [-0.2, 0) is 11.2 Å². The topological polar surface area (TPSA) is 93.4 Å². The second-order valence-electron chi connectivity index (χ2n) is 4.55. The summed E-state index contributed by atoms with van der Waals surface area (Å²) in [5.41, 5.74) is 5.84. The van der Waals surface area contributed by atoms with E-state index in [2.05, 4.69) is 10.6 Å². The number of rotatable bonds is 4. The summed E-state index contributed by atoms with van der Waals surface area (Å²) in [4.78, 5) is 22.8. The van der Waals surface area contributed by atoms with Gasteiger partial charge in [0.25, 0.3) is 0 Å². The van der Waals surface area contributed by atoms with Gasteiger partial charge in [-0.05, 0) is 24.6 Å². The van der Waals surface area contributed by atoms with E-state index in [0.717, 1.165) is 11.3 Å². The normalized spacial score (nSPS) is 22.6. The third kappa shape index (κ3) is 3.03. The lowest BCUT2D eigenvalue weighted by atomic mass is 9.89. The zero-order valence-electron chi connectivity index (χ0n) is 10.7. The molecule has 0 radical (unpaired) electrons. The maximum atomic E-state index is 11.8. The number of nitrogens with one attached hydrogen (secondary N) is 2. The molecule has 1 atom stereocenters. The Labute approximate surface area is 111 Å². The summed E-state index contributed by atoms with van der Waals surface area (Å²) in [5.74, 6) is 0.323. The average Bonchev–Trinajstić information content (AvgIpc) is 2.38. The van der Waals surface area contributed by atoms with Crippen LogP contribution in [0.15, 0.2) is 24.3 Å². The molecule has 0 saturated carbocycles. The van der Waals surface area contributed by atoms with E-state index in [-0.39, 0.29) is 6.54 Å².